The zero-order valence-electron chi connectivity index (χ0n) is 15.2. The van der Waals surface area contributed by atoms with Crippen molar-refractivity contribution in [2.75, 3.05) is 24.5 Å². The molecule has 0 N–H and O–H groups in total. The number of amides is 1. The second-order valence-electron chi connectivity index (χ2n) is 7.29. The van der Waals surface area contributed by atoms with Crippen molar-refractivity contribution in [1.29, 1.82) is 0 Å². The van der Waals surface area contributed by atoms with Crippen LogP contribution in [-0.2, 0) is 4.74 Å². The van der Waals surface area contributed by atoms with Gasteiger partial charge in [-0.15, -0.1) is 0 Å². The van der Waals surface area contributed by atoms with Crippen LogP contribution in [0.2, 0.25) is 10.4 Å². The predicted octanol–water partition coefficient (Wildman–Crippen LogP) is 3.78. The van der Waals surface area contributed by atoms with Crippen LogP contribution in [0.3, 0.4) is 0 Å². The summed E-state index contributed by atoms with van der Waals surface area (Å²) in [7, 11) is 0. The molecule has 1 saturated heterocycles. The number of hydrogen-bond donors (Lipinski definition) is 0. The molecule has 3 heterocycles. The number of aromatic nitrogens is 3. The lowest BCUT2D eigenvalue weighted by Gasteiger charge is -2.40. The summed E-state index contributed by atoms with van der Waals surface area (Å²) < 4.78 is 5.49. The van der Waals surface area contributed by atoms with Gasteiger partial charge in [-0.2, -0.15) is 9.97 Å². The summed E-state index contributed by atoms with van der Waals surface area (Å²) in [6, 6.07) is 3.49. The highest BCUT2D eigenvalue weighted by molar-refractivity contribution is 6.30. The Labute approximate surface area is 162 Å². The molecule has 0 aromatic carbocycles. The fraction of sp³-hybridized carbons (Fsp3) is 0.529. The minimum Gasteiger partial charge on any atom is -0.444 e. The first kappa shape index (κ1) is 18.9. The van der Waals surface area contributed by atoms with Crippen molar-refractivity contribution in [2.45, 2.75) is 39.3 Å². The van der Waals surface area contributed by atoms with E-state index in [2.05, 4.69) is 19.9 Å². The standard InChI is InChI=1S/C17H21Cl2N5O2/c1-10-9-23(7-8-24(10)16(25)26-17(2,3)4)14-11-5-6-12(18)20-13(11)21-15(19)22-14/h5-6,10H,7-9H2,1-4H3/t10-/m1/s1. The highest BCUT2D eigenvalue weighted by Gasteiger charge is 2.32. The summed E-state index contributed by atoms with van der Waals surface area (Å²) in [6.45, 7) is 9.30. The predicted molar refractivity (Wildman–Crippen MR) is 102 cm³/mol. The lowest BCUT2D eigenvalue weighted by molar-refractivity contribution is 0.0159. The summed E-state index contributed by atoms with van der Waals surface area (Å²) in [5.41, 5.74) is -0.0651. The number of pyridine rings is 1. The Morgan fingerprint density at radius 2 is 1.92 bits per heavy atom. The van der Waals surface area contributed by atoms with Crippen LogP contribution in [0.1, 0.15) is 27.7 Å². The molecule has 1 aliphatic rings. The van der Waals surface area contributed by atoms with E-state index < -0.39 is 5.60 Å². The highest BCUT2D eigenvalue weighted by atomic mass is 35.5. The molecule has 0 spiro atoms. The van der Waals surface area contributed by atoms with E-state index in [4.69, 9.17) is 27.9 Å². The van der Waals surface area contributed by atoms with E-state index in [0.717, 1.165) is 5.39 Å². The number of hydrogen-bond acceptors (Lipinski definition) is 6. The van der Waals surface area contributed by atoms with Gasteiger partial charge in [0.05, 0.1) is 5.39 Å². The first-order chi connectivity index (χ1) is 12.1. The Balaban J connectivity index is 1.83. The van der Waals surface area contributed by atoms with Crippen molar-refractivity contribution < 1.29 is 9.53 Å². The average molecular weight is 398 g/mol. The SMILES string of the molecule is C[C@@H]1CN(c2nc(Cl)nc3nc(Cl)ccc23)CCN1C(=O)OC(C)(C)C. The van der Waals surface area contributed by atoms with Gasteiger partial charge in [0.2, 0.25) is 5.28 Å². The molecular formula is C17H21Cl2N5O2. The maximum absolute atomic E-state index is 12.4. The number of piperazine rings is 1. The quantitative estimate of drug-likeness (QED) is 0.538. The van der Waals surface area contributed by atoms with Gasteiger partial charge in [0.25, 0.3) is 0 Å². The van der Waals surface area contributed by atoms with E-state index in [1.165, 1.54) is 0 Å². The minimum atomic E-state index is -0.519. The molecule has 2 aromatic rings. The molecule has 0 aliphatic carbocycles. The Morgan fingerprint density at radius 1 is 1.19 bits per heavy atom. The molecule has 26 heavy (non-hydrogen) atoms. The van der Waals surface area contributed by atoms with E-state index in [0.29, 0.717) is 36.3 Å². The third kappa shape index (κ3) is 4.10. The number of fused-ring (bicyclic) bond motifs is 1. The van der Waals surface area contributed by atoms with E-state index in [1.54, 1.807) is 11.0 Å². The van der Waals surface area contributed by atoms with Crippen molar-refractivity contribution in [3.05, 3.63) is 22.6 Å². The lowest BCUT2D eigenvalue weighted by atomic mass is 10.1. The Morgan fingerprint density at radius 3 is 2.58 bits per heavy atom. The Bertz CT molecular complexity index is 834. The number of carbonyl (C=O) groups excluding carboxylic acids is 1. The molecule has 0 unspecified atom stereocenters. The first-order valence-electron chi connectivity index (χ1n) is 8.38. The topological polar surface area (TPSA) is 71.5 Å². The van der Waals surface area contributed by atoms with Gasteiger partial charge in [-0.3, -0.25) is 0 Å². The molecule has 0 radical (unpaired) electrons. The molecule has 0 bridgehead atoms. The van der Waals surface area contributed by atoms with Gasteiger partial charge in [-0.1, -0.05) is 11.6 Å². The number of halogens is 2. The number of nitrogens with zero attached hydrogens (tertiary/aromatic N) is 5. The smallest absolute Gasteiger partial charge is 0.410 e. The van der Waals surface area contributed by atoms with Gasteiger partial charge in [0, 0.05) is 25.7 Å². The monoisotopic (exact) mass is 397 g/mol. The Hall–Kier alpha value is -1.86. The third-order valence-corrected chi connectivity index (χ3v) is 4.41. The molecule has 7 nitrogen and oxygen atoms in total. The molecule has 140 valence electrons. The fourth-order valence-electron chi connectivity index (χ4n) is 2.93. The molecule has 3 rings (SSSR count). The summed E-state index contributed by atoms with van der Waals surface area (Å²) in [6.07, 6.45) is -0.302. The Kier molecular flexibility index (Phi) is 5.12. The number of anilines is 1. The maximum atomic E-state index is 12.4. The average Bonchev–Trinajstić information content (AvgIpc) is 2.51. The van der Waals surface area contributed by atoms with Crippen LogP contribution in [0, 0.1) is 0 Å². The molecule has 9 heteroatoms. The van der Waals surface area contributed by atoms with Gasteiger partial charge in [0.1, 0.15) is 16.6 Å². The molecule has 2 aromatic heterocycles. The summed E-state index contributed by atoms with van der Waals surface area (Å²) in [5.74, 6) is 0.694. The number of carbonyl (C=O) groups is 1. The van der Waals surface area contributed by atoms with Crippen LogP contribution in [-0.4, -0.2) is 57.2 Å². The van der Waals surface area contributed by atoms with E-state index in [9.17, 15) is 4.79 Å². The van der Waals surface area contributed by atoms with Crippen LogP contribution < -0.4 is 4.90 Å². The number of rotatable bonds is 1. The first-order valence-corrected chi connectivity index (χ1v) is 9.14. The second-order valence-corrected chi connectivity index (χ2v) is 8.02. The number of ether oxygens (including phenoxy) is 1. The van der Waals surface area contributed by atoms with Crippen LogP contribution in [0.15, 0.2) is 12.1 Å². The zero-order chi connectivity index (χ0) is 19.1. The molecule has 0 saturated carbocycles. The molecule has 1 atom stereocenters. The lowest BCUT2D eigenvalue weighted by Crippen LogP contribution is -2.55. The van der Waals surface area contributed by atoms with Crippen molar-refractivity contribution in [3.8, 4) is 0 Å². The third-order valence-electron chi connectivity index (χ3n) is 4.03. The summed E-state index contributed by atoms with van der Waals surface area (Å²) in [4.78, 5) is 28.9. The van der Waals surface area contributed by atoms with Gasteiger partial charge in [0.15, 0.2) is 5.65 Å². The van der Waals surface area contributed by atoms with Crippen molar-refractivity contribution in [2.24, 2.45) is 0 Å². The maximum Gasteiger partial charge on any atom is 0.410 e. The van der Waals surface area contributed by atoms with Crippen LogP contribution in [0.5, 0.6) is 0 Å². The summed E-state index contributed by atoms with van der Waals surface area (Å²) in [5, 5.41) is 1.24. The zero-order valence-corrected chi connectivity index (χ0v) is 16.7. The van der Waals surface area contributed by atoms with Crippen molar-refractivity contribution in [3.63, 3.8) is 0 Å². The molecule has 1 amide bonds. The fourth-order valence-corrected chi connectivity index (χ4v) is 3.23. The van der Waals surface area contributed by atoms with Crippen molar-refractivity contribution >= 4 is 46.1 Å². The molecule has 1 aliphatic heterocycles. The van der Waals surface area contributed by atoms with Gasteiger partial charge >= 0.3 is 6.09 Å². The van der Waals surface area contributed by atoms with Gasteiger partial charge < -0.3 is 14.5 Å². The van der Waals surface area contributed by atoms with Gasteiger partial charge in [-0.05, 0) is 51.4 Å². The van der Waals surface area contributed by atoms with Crippen LogP contribution in [0.25, 0.3) is 11.0 Å². The van der Waals surface area contributed by atoms with Crippen LogP contribution >= 0.6 is 23.2 Å². The van der Waals surface area contributed by atoms with E-state index in [-0.39, 0.29) is 17.4 Å². The van der Waals surface area contributed by atoms with Gasteiger partial charge in [-0.25, -0.2) is 9.78 Å². The van der Waals surface area contributed by atoms with E-state index >= 15 is 0 Å². The summed E-state index contributed by atoms with van der Waals surface area (Å²) >= 11 is 12.0. The highest BCUT2D eigenvalue weighted by Crippen LogP contribution is 2.28. The normalized spacial score (nSPS) is 18.3. The molecular weight excluding hydrogens is 377 g/mol. The minimum absolute atomic E-state index is 0.0392. The largest absolute Gasteiger partial charge is 0.444 e. The van der Waals surface area contributed by atoms with Crippen molar-refractivity contribution in [1.82, 2.24) is 19.9 Å². The van der Waals surface area contributed by atoms with Crippen LogP contribution in [0.4, 0.5) is 10.6 Å². The van der Waals surface area contributed by atoms with E-state index in [1.807, 2.05) is 33.8 Å². The second kappa shape index (κ2) is 7.04. The molecule has 1 fully saturated rings.